The van der Waals surface area contributed by atoms with Gasteiger partial charge in [0.2, 0.25) is 5.91 Å². The van der Waals surface area contributed by atoms with Gasteiger partial charge in [-0.1, -0.05) is 6.07 Å². The number of aryl methyl sites for hydroxylation is 1. The minimum Gasteiger partial charge on any atom is -0.477 e. The van der Waals surface area contributed by atoms with Gasteiger partial charge in [-0.2, -0.15) is 5.10 Å². The van der Waals surface area contributed by atoms with Crippen LogP contribution in [0.2, 0.25) is 0 Å². The first kappa shape index (κ1) is 14.3. The first-order chi connectivity index (χ1) is 10.4. The Bertz CT molecular complexity index is 779. The van der Waals surface area contributed by atoms with Crippen LogP contribution in [0.15, 0.2) is 24.3 Å². The molecule has 6 nitrogen and oxygen atoms in total. The van der Waals surface area contributed by atoms with E-state index in [0.717, 1.165) is 23.2 Å². The second-order valence-corrected chi connectivity index (χ2v) is 5.63. The predicted molar refractivity (Wildman–Crippen MR) is 81.9 cm³/mol. The van der Waals surface area contributed by atoms with Crippen LogP contribution < -0.4 is 4.90 Å². The summed E-state index contributed by atoms with van der Waals surface area (Å²) in [4.78, 5) is 24.6. The lowest BCUT2D eigenvalue weighted by atomic mass is 10.0. The third-order valence-electron chi connectivity index (χ3n) is 4.03. The molecule has 3 rings (SSSR count). The average Bonchev–Trinajstić information content (AvgIpc) is 2.97. The molecule has 0 fully saturated rings. The Morgan fingerprint density at radius 3 is 2.64 bits per heavy atom. The van der Waals surface area contributed by atoms with Crippen molar-refractivity contribution in [3.63, 3.8) is 0 Å². The summed E-state index contributed by atoms with van der Waals surface area (Å²) in [5.74, 6) is -0.969. The fraction of sp³-hybridized carbons (Fsp3) is 0.312. The van der Waals surface area contributed by atoms with Gasteiger partial charge in [-0.25, -0.2) is 4.79 Å². The maximum absolute atomic E-state index is 11.7. The number of aromatic carboxylic acids is 1. The molecule has 1 aliphatic heterocycles. The molecule has 114 valence electrons. The number of hydrogen-bond donors (Lipinski definition) is 1. The third-order valence-corrected chi connectivity index (χ3v) is 4.03. The van der Waals surface area contributed by atoms with Gasteiger partial charge < -0.3 is 10.0 Å². The lowest BCUT2D eigenvalue weighted by molar-refractivity contribution is -0.116. The molecule has 2 heterocycles. The normalized spacial score (nSPS) is 16.7. The molecule has 0 saturated carbocycles. The molecule has 1 aromatic carbocycles. The van der Waals surface area contributed by atoms with Crippen LogP contribution in [0, 0.1) is 0 Å². The van der Waals surface area contributed by atoms with Gasteiger partial charge in [0.25, 0.3) is 0 Å². The summed E-state index contributed by atoms with van der Waals surface area (Å²) in [6.07, 6.45) is 0.793. The van der Waals surface area contributed by atoms with Gasteiger partial charge in [-0.15, -0.1) is 0 Å². The number of carboxylic acids is 1. The van der Waals surface area contributed by atoms with Gasteiger partial charge >= 0.3 is 5.97 Å². The van der Waals surface area contributed by atoms with Crippen LogP contribution in [-0.4, -0.2) is 32.8 Å². The Labute approximate surface area is 128 Å². The van der Waals surface area contributed by atoms with Crippen LogP contribution in [0.1, 0.15) is 29.9 Å². The number of amides is 1. The molecule has 22 heavy (non-hydrogen) atoms. The second kappa shape index (κ2) is 4.98. The maximum Gasteiger partial charge on any atom is 0.354 e. The molecule has 0 radical (unpaired) electrons. The summed E-state index contributed by atoms with van der Waals surface area (Å²) in [6, 6.07) is 7.47. The van der Waals surface area contributed by atoms with Gasteiger partial charge in [0.1, 0.15) is 5.69 Å². The largest absolute Gasteiger partial charge is 0.477 e. The van der Waals surface area contributed by atoms with E-state index in [1.54, 1.807) is 24.9 Å². The van der Waals surface area contributed by atoms with Crippen molar-refractivity contribution in [2.24, 2.45) is 7.05 Å². The molecule has 2 aromatic rings. The van der Waals surface area contributed by atoms with E-state index in [-0.39, 0.29) is 17.6 Å². The standard InChI is InChI=1S/C16H17N3O3/c1-9-6-12-7-11(4-5-14(12)19(9)10(2)20)13-8-15(16(21)22)18(3)17-13/h4-5,7-9H,6H2,1-3H3,(H,21,22). The van der Waals surface area contributed by atoms with Crippen LogP contribution in [0.25, 0.3) is 11.3 Å². The molecule has 1 unspecified atom stereocenters. The van der Waals surface area contributed by atoms with Gasteiger partial charge in [-0.05, 0) is 37.1 Å². The van der Waals surface area contributed by atoms with Gasteiger partial charge in [-0.3, -0.25) is 9.48 Å². The number of carbonyl (C=O) groups is 2. The number of aromatic nitrogens is 2. The molecule has 0 saturated heterocycles. The Morgan fingerprint density at radius 2 is 2.05 bits per heavy atom. The van der Waals surface area contributed by atoms with Crippen LogP contribution in [0.3, 0.4) is 0 Å². The first-order valence-electron chi connectivity index (χ1n) is 7.09. The lowest BCUT2D eigenvalue weighted by Gasteiger charge is -2.20. The first-order valence-corrected chi connectivity index (χ1v) is 7.09. The number of anilines is 1. The second-order valence-electron chi connectivity index (χ2n) is 5.63. The molecule has 6 heteroatoms. The van der Waals surface area contributed by atoms with Crippen molar-refractivity contribution in [1.82, 2.24) is 9.78 Å². The van der Waals surface area contributed by atoms with E-state index < -0.39 is 5.97 Å². The van der Waals surface area contributed by atoms with Crippen LogP contribution in [-0.2, 0) is 18.3 Å². The van der Waals surface area contributed by atoms with E-state index in [9.17, 15) is 9.59 Å². The van der Waals surface area contributed by atoms with E-state index in [1.165, 1.54) is 4.68 Å². The van der Waals surface area contributed by atoms with Gasteiger partial charge in [0.05, 0.1) is 5.69 Å². The van der Waals surface area contributed by atoms with E-state index in [0.29, 0.717) is 5.69 Å². The smallest absolute Gasteiger partial charge is 0.354 e. The summed E-state index contributed by atoms with van der Waals surface area (Å²) >= 11 is 0. The molecular formula is C16H17N3O3. The minimum absolute atomic E-state index is 0.0324. The zero-order valence-electron chi connectivity index (χ0n) is 12.7. The number of nitrogens with zero attached hydrogens (tertiary/aromatic N) is 3. The Morgan fingerprint density at radius 1 is 1.32 bits per heavy atom. The molecule has 1 aliphatic rings. The van der Waals surface area contributed by atoms with Crippen molar-refractivity contribution in [2.75, 3.05) is 4.90 Å². The van der Waals surface area contributed by atoms with Crippen LogP contribution in [0.4, 0.5) is 5.69 Å². The number of carboxylic acid groups (broad SMARTS) is 1. The number of rotatable bonds is 2. The molecule has 0 aliphatic carbocycles. The predicted octanol–water partition coefficient (Wildman–Crippen LogP) is 2.08. The Kier molecular flexibility index (Phi) is 3.24. The average molecular weight is 299 g/mol. The van der Waals surface area contributed by atoms with E-state index >= 15 is 0 Å². The van der Waals surface area contributed by atoms with Crippen molar-refractivity contribution in [1.29, 1.82) is 0 Å². The minimum atomic E-state index is -1.00. The van der Waals surface area contributed by atoms with E-state index in [1.807, 2.05) is 25.1 Å². The highest BCUT2D eigenvalue weighted by Crippen LogP contribution is 2.35. The van der Waals surface area contributed by atoms with Crippen LogP contribution in [0.5, 0.6) is 0 Å². The summed E-state index contributed by atoms with van der Waals surface area (Å²) in [5.41, 5.74) is 3.64. The summed E-state index contributed by atoms with van der Waals surface area (Å²) in [5, 5.41) is 13.4. The SMILES string of the molecule is CC(=O)N1c2ccc(-c3cc(C(=O)O)n(C)n3)cc2CC1C. The number of benzene rings is 1. The summed E-state index contributed by atoms with van der Waals surface area (Å²) in [7, 11) is 1.61. The van der Waals surface area contributed by atoms with E-state index in [2.05, 4.69) is 5.10 Å². The maximum atomic E-state index is 11.7. The molecule has 0 bridgehead atoms. The summed E-state index contributed by atoms with van der Waals surface area (Å²) < 4.78 is 1.36. The lowest BCUT2D eigenvalue weighted by Crippen LogP contribution is -2.33. The van der Waals surface area contributed by atoms with Crippen molar-refractivity contribution >= 4 is 17.6 Å². The van der Waals surface area contributed by atoms with Gasteiger partial charge in [0, 0.05) is 31.3 Å². The zero-order chi connectivity index (χ0) is 16.0. The fourth-order valence-electron chi connectivity index (χ4n) is 3.08. The summed E-state index contributed by atoms with van der Waals surface area (Å²) in [6.45, 7) is 3.59. The molecule has 1 amide bonds. The number of carbonyl (C=O) groups excluding carboxylic acids is 1. The topological polar surface area (TPSA) is 75.4 Å². The fourth-order valence-corrected chi connectivity index (χ4v) is 3.08. The highest BCUT2D eigenvalue weighted by atomic mass is 16.4. The van der Waals surface area contributed by atoms with Crippen molar-refractivity contribution in [3.8, 4) is 11.3 Å². The van der Waals surface area contributed by atoms with Crippen molar-refractivity contribution in [2.45, 2.75) is 26.3 Å². The monoisotopic (exact) mass is 299 g/mol. The zero-order valence-corrected chi connectivity index (χ0v) is 12.7. The Balaban J connectivity index is 2.02. The van der Waals surface area contributed by atoms with E-state index in [4.69, 9.17) is 5.11 Å². The number of hydrogen-bond acceptors (Lipinski definition) is 3. The highest BCUT2D eigenvalue weighted by molar-refractivity contribution is 5.95. The van der Waals surface area contributed by atoms with Crippen molar-refractivity contribution < 1.29 is 14.7 Å². The molecule has 1 atom stereocenters. The van der Waals surface area contributed by atoms with Crippen molar-refractivity contribution in [3.05, 3.63) is 35.5 Å². The highest BCUT2D eigenvalue weighted by Gasteiger charge is 2.29. The Hall–Kier alpha value is -2.63. The number of fused-ring (bicyclic) bond motifs is 1. The van der Waals surface area contributed by atoms with Crippen LogP contribution >= 0.6 is 0 Å². The molecule has 1 N–H and O–H groups in total. The third kappa shape index (κ3) is 2.16. The molecule has 1 aromatic heterocycles. The quantitative estimate of drug-likeness (QED) is 0.921. The molecule has 0 spiro atoms. The van der Waals surface area contributed by atoms with Gasteiger partial charge in [0.15, 0.2) is 0 Å². The molecular weight excluding hydrogens is 282 g/mol.